The Balaban J connectivity index is 0.00000161. The van der Waals surface area contributed by atoms with E-state index in [-0.39, 0.29) is 31.8 Å². The highest BCUT2D eigenvalue weighted by molar-refractivity contribution is 5.98. The molecule has 1 fully saturated rings. The third-order valence-electron chi connectivity index (χ3n) is 6.77. The van der Waals surface area contributed by atoms with Crippen molar-refractivity contribution in [2.75, 3.05) is 19.6 Å². The lowest BCUT2D eigenvalue weighted by molar-refractivity contribution is -0.192. The van der Waals surface area contributed by atoms with Crippen molar-refractivity contribution in [3.63, 3.8) is 0 Å². The largest absolute Gasteiger partial charge is 0.490 e. The van der Waals surface area contributed by atoms with Crippen molar-refractivity contribution in [1.82, 2.24) is 26.6 Å². The molecule has 1 aromatic carbocycles. The van der Waals surface area contributed by atoms with Crippen molar-refractivity contribution in [2.24, 2.45) is 22.2 Å². The average Bonchev–Trinajstić information content (AvgIpc) is 3.03. The monoisotopic (exact) mass is 717 g/mol. The summed E-state index contributed by atoms with van der Waals surface area (Å²) in [5.41, 5.74) is 17.0. The van der Waals surface area contributed by atoms with Crippen LogP contribution in [0, 0.1) is 0 Å². The molecule has 0 aromatic heterocycles. The molecule has 21 heteroatoms. The van der Waals surface area contributed by atoms with E-state index in [0.717, 1.165) is 0 Å². The van der Waals surface area contributed by atoms with Crippen molar-refractivity contribution in [2.45, 2.75) is 75.3 Å². The third kappa shape index (κ3) is 17.1. The molecule has 1 aliphatic heterocycles. The van der Waals surface area contributed by atoms with Gasteiger partial charge < -0.3 is 54.0 Å². The van der Waals surface area contributed by atoms with Gasteiger partial charge in [-0.05, 0) is 44.2 Å². The minimum atomic E-state index is -5.08. The van der Waals surface area contributed by atoms with Crippen LogP contribution in [-0.2, 0) is 40.0 Å². The van der Waals surface area contributed by atoms with E-state index in [1.807, 2.05) is 0 Å². The van der Waals surface area contributed by atoms with Gasteiger partial charge in [0.15, 0.2) is 5.96 Å². The number of benzene rings is 1. The SMILES string of the molecule is NCCCCC1NC(=O)C(Cc2ccccc2)NC(=O)C(CC(=O)O)NC(=O)CNC(=O)C(CCCN=C(N)N)NC1=O.O=C(O)C(F)(F)F. The summed E-state index contributed by atoms with van der Waals surface area (Å²) in [5, 5.41) is 29.0. The number of rotatable bonds is 12. The molecule has 1 saturated heterocycles. The van der Waals surface area contributed by atoms with Crippen LogP contribution in [0.5, 0.6) is 0 Å². The predicted molar refractivity (Wildman–Crippen MR) is 170 cm³/mol. The summed E-state index contributed by atoms with van der Waals surface area (Å²) >= 11 is 0. The molecule has 13 N–H and O–H groups in total. The molecular formula is C29H42F3N9O9. The fraction of sp³-hybridized carbons (Fsp3) is 0.517. The van der Waals surface area contributed by atoms with Gasteiger partial charge in [-0.15, -0.1) is 0 Å². The average molecular weight is 718 g/mol. The van der Waals surface area contributed by atoms with Crippen LogP contribution in [0.15, 0.2) is 35.3 Å². The molecule has 5 amide bonds. The van der Waals surface area contributed by atoms with Crippen LogP contribution >= 0.6 is 0 Å². The molecule has 18 nitrogen and oxygen atoms in total. The first-order chi connectivity index (χ1) is 23.4. The summed E-state index contributed by atoms with van der Waals surface area (Å²) in [7, 11) is 0. The lowest BCUT2D eigenvalue weighted by Crippen LogP contribution is -2.58. The number of hydrogen-bond donors (Lipinski definition) is 10. The number of nitrogens with zero attached hydrogens (tertiary/aromatic N) is 1. The van der Waals surface area contributed by atoms with Crippen LogP contribution in [0.2, 0.25) is 0 Å². The second-order valence-electron chi connectivity index (χ2n) is 10.8. The van der Waals surface area contributed by atoms with E-state index in [2.05, 4.69) is 31.6 Å². The third-order valence-corrected chi connectivity index (χ3v) is 6.77. The lowest BCUT2D eigenvalue weighted by atomic mass is 10.0. The Hall–Kier alpha value is -5.47. The molecule has 1 aliphatic rings. The molecule has 0 bridgehead atoms. The highest BCUT2D eigenvalue weighted by Gasteiger charge is 2.38. The minimum absolute atomic E-state index is 0.0107. The van der Waals surface area contributed by atoms with E-state index in [1.165, 1.54) is 0 Å². The first-order valence-electron chi connectivity index (χ1n) is 15.2. The quantitative estimate of drug-likeness (QED) is 0.0614. The summed E-state index contributed by atoms with van der Waals surface area (Å²) < 4.78 is 31.7. The summed E-state index contributed by atoms with van der Waals surface area (Å²) in [5.74, 6) is -8.12. The van der Waals surface area contributed by atoms with E-state index in [1.54, 1.807) is 30.3 Å². The van der Waals surface area contributed by atoms with Gasteiger partial charge in [0.2, 0.25) is 29.5 Å². The zero-order chi connectivity index (χ0) is 37.9. The van der Waals surface area contributed by atoms with Gasteiger partial charge >= 0.3 is 18.1 Å². The summed E-state index contributed by atoms with van der Waals surface area (Å²) in [6.07, 6.45) is -4.23. The molecule has 0 aliphatic carbocycles. The normalized spacial score (nSPS) is 20.5. The maximum atomic E-state index is 13.6. The molecule has 0 saturated carbocycles. The van der Waals surface area contributed by atoms with E-state index >= 15 is 0 Å². The summed E-state index contributed by atoms with van der Waals surface area (Å²) in [6.45, 7) is -0.0746. The molecule has 278 valence electrons. The number of guanidine groups is 1. The van der Waals surface area contributed by atoms with Crippen LogP contribution in [0.25, 0.3) is 0 Å². The van der Waals surface area contributed by atoms with Gasteiger partial charge in [-0.25, -0.2) is 4.79 Å². The predicted octanol–water partition coefficient (Wildman–Crippen LogP) is -2.41. The van der Waals surface area contributed by atoms with Crippen LogP contribution < -0.4 is 43.8 Å². The molecule has 4 atom stereocenters. The van der Waals surface area contributed by atoms with Gasteiger partial charge in [0.05, 0.1) is 13.0 Å². The number of carbonyl (C=O) groups excluding carboxylic acids is 5. The molecular weight excluding hydrogens is 675 g/mol. The Labute approximate surface area is 284 Å². The molecule has 50 heavy (non-hydrogen) atoms. The Morgan fingerprint density at radius 3 is 1.84 bits per heavy atom. The number of carboxylic acid groups (broad SMARTS) is 2. The molecule has 0 radical (unpaired) electrons. The molecule has 1 heterocycles. The number of carboxylic acids is 2. The number of unbranched alkanes of at least 4 members (excludes halogenated alkanes) is 1. The van der Waals surface area contributed by atoms with Crippen molar-refractivity contribution >= 4 is 47.4 Å². The van der Waals surface area contributed by atoms with Gasteiger partial charge in [-0.3, -0.25) is 33.8 Å². The van der Waals surface area contributed by atoms with Gasteiger partial charge in [-0.1, -0.05) is 30.3 Å². The lowest BCUT2D eigenvalue weighted by Gasteiger charge is -2.26. The Kier molecular flexibility index (Phi) is 18.3. The smallest absolute Gasteiger partial charge is 0.481 e. The Morgan fingerprint density at radius 2 is 1.30 bits per heavy atom. The number of aliphatic carboxylic acids is 2. The fourth-order valence-corrected chi connectivity index (χ4v) is 4.33. The molecule has 4 unspecified atom stereocenters. The van der Waals surface area contributed by atoms with Gasteiger partial charge in [0.1, 0.15) is 24.2 Å². The molecule has 1 aromatic rings. The van der Waals surface area contributed by atoms with E-state index < -0.39 is 84.8 Å². The van der Waals surface area contributed by atoms with Crippen molar-refractivity contribution < 1.29 is 56.9 Å². The number of alkyl halides is 3. The number of hydrogen-bond acceptors (Lipinski definition) is 9. The summed E-state index contributed by atoms with van der Waals surface area (Å²) in [6, 6.07) is 3.75. The molecule has 2 rings (SSSR count). The topological polar surface area (TPSA) is 311 Å². The van der Waals surface area contributed by atoms with Gasteiger partial charge in [0.25, 0.3) is 0 Å². The maximum absolute atomic E-state index is 13.6. The number of aliphatic imine (C=N–C) groups is 1. The number of carbonyl (C=O) groups is 7. The zero-order valence-corrected chi connectivity index (χ0v) is 26.8. The zero-order valence-electron chi connectivity index (χ0n) is 26.8. The van der Waals surface area contributed by atoms with Gasteiger partial charge in [-0.2, -0.15) is 13.2 Å². The first kappa shape index (κ1) is 42.6. The Bertz CT molecular complexity index is 1360. The van der Waals surface area contributed by atoms with Gasteiger partial charge in [0, 0.05) is 13.0 Å². The van der Waals surface area contributed by atoms with Crippen LogP contribution in [0.3, 0.4) is 0 Å². The van der Waals surface area contributed by atoms with Crippen LogP contribution in [0.4, 0.5) is 13.2 Å². The maximum Gasteiger partial charge on any atom is 0.490 e. The van der Waals surface area contributed by atoms with E-state index in [9.17, 15) is 47.0 Å². The fourth-order valence-electron chi connectivity index (χ4n) is 4.33. The van der Waals surface area contributed by atoms with Crippen LogP contribution in [-0.4, -0.2) is 108 Å². The molecule has 0 spiro atoms. The second-order valence-corrected chi connectivity index (χ2v) is 10.8. The van der Waals surface area contributed by atoms with Crippen molar-refractivity contribution in [3.05, 3.63) is 35.9 Å². The first-order valence-corrected chi connectivity index (χ1v) is 15.2. The standard InChI is InChI=1S/C27H41N9O7.C2HF3O2/c28-11-5-4-9-18-24(41)34-17(10-6-12-31-27(29)30)23(40)32-15-21(37)33-20(14-22(38)39)26(43)36-19(25(42)35-18)13-16-7-2-1-3-8-16;3-2(4,5)1(6)7/h1-3,7-8,17-20H,4-6,9-15,28H2,(H,32,40)(H,33,37)(H,34,41)(H,35,42)(H,36,43)(H,38,39)(H4,29,30,31);(H,6,7). The van der Waals surface area contributed by atoms with Crippen LogP contribution in [0.1, 0.15) is 44.1 Å². The minimum Gasteiger partial charge on any atom is -0.481 e. The van der Waals surface area contributed by atoms with Crippen molar-refractivity contribution in [3.8, 4) is 0 Å². The Morgan fingerprint density at radius 1 is 0.780 bits per heavy atom. The number of amides is 5. The van der Waals surface area contributed by atoms with E-state index in [0.29, 0.717) is 31.4 Å². The van der Waals surface area contributed by atoms with Crippen molar-refractivity contribution in [1.29, 1.82) is 0 Å². The second kappa shape index (κ2) is 21.5. The highest BCUT2D eigenvalue weighted by atomic mass is 19.4. The number of nitrogens with one attached hydrogen (secondary N) is 5. The summed E-state index contributed by atoms with van der Waals surface area (Å²) in [4.78, 5) is 90.0. The highest BCUT2D eigenvalue weighted by Crippen LogP contribution is 2.13. The number of halogens is 3. The van der Waals surface area contributed by atoms with E-state index in [4.69, 9.17) is 27.1 Å². The number of nitrogens with two attached hydrogens (primary N) is 3.